The highest BCUT2D eigenvalue weighted by Crippen LogP contribution is 2.24. The molecule has 3 nitrogen and oxygen atoms in total. The second-order valence-corrected chi connectivity index (χ2v) is 4.99. The van der Waals surface area contributed by atoms with Crippen molar-refractivity contribution in [1.29, 1.82) is 0 Å². The SMILES string of the molecule is CCOC(=O)CC(C)Nc1cc(F)c(Br)cc1C. The van der Waals surface area contributed by atoms with Gasteiger partial charge in [-0.2, -0.15) is 0 Å². The lowest BCUT2D eigenvalue weighted by Gasteiger charge is -2.16. The number of hydrogen-bond acceptors (Lipinski definition) is 3. The molecule has 0 aliphatic rings. The second-order valence-electron chi connectivity index (χ2n) is 4.14. The van der Waals surface area contributed by atoms with Crippen LogP contribution >= 0.6 is 15.9 Å². The van der Waals surface area contributed by atoms with Crippen molar-refractivity contribution in [3.63, 3.8) is 0 Å². The Morgan fingerprint density at radius 2 is 2.22 bits per heavy atom. The zero-order valence-electron chi connectivity index (χ0n) is 10.7. The van der Waals surface area contributed by atoms with Crippen LogP contribution in [0.3, 0.4) is 0 Å². The van der Waals surface area contributed by atoms with Crippen LogP contribution in [-0.2, 0) is 9.53 Å². The molecule has 1 unspecified atom stereocenters. The zero-order chi connectivity index (χ0) is 13.7. The minimum atomic E-state index is -0.327. The minimum Gasteiger partial charge on any atom is -0.466 e. The van der Waals surface area contributed by atoms with Gasteiger partial charge in [0.25, 0.3) is 0 Å². The van der Waals surface area contributed by atoms with Crippen LogP contribution in [0.4, 0.5) is 10.1 Å². The summed E-state index contributed by atoms with van der Waals surface area (Å²) in [4.78, 5) is 11.3. The minimum absolute atomic E-state index is 0.108. The van der Waals surface area contributed by atoms with E-state index >= 15 is 0 Å². The number of rotatable bonds is 5. The average molecular weight is 318 g/mol. The molecule has 0 spiro atoms. The molecule has 0 fully saturated rings. The predicted octanol–water partition coefficient (Wildman–Crippen LogP) is 3.65. The molecule has 0 saturated heterocycles. The number of anilines is 1. The molecular weight excluding hydrogens is 301 g/mol. The van der Waals surface area contributed by atoms with Gasteiger partial charge in [-0.05, 0) is 54.4 Å². The fraction of sp³-hybridized carbons (Fsp3) is 0.462. The number of hydrogen-bond donors (Lipinski definition) is 1. The molecule has 0 radical (unpaired) electrons. The van der Waals surface area contributed by atoms with Gasteiger partial charge in [0, 0.05) is 11.7 Å². The van der Waals surface area contributed by atoms with E-state index in [0.717, 1.165) is 5.56 Å². The maximum absolute atomic E-state index is 13.4. The summed E-state index contributed by atoms with van der Waals surface area (Å²) in [6.07, 6.45) is 0.255. The summed E-state index contributed by atoms with van der Waals surface area (Å²) < 4.78 is 18.7. The van der Waals surface area contributed by atoms with Gasteiger partial charge < -0.3 is 10.1 Å². The fourth-order valence-electron chi connectivity index (χ4n) is 1.59. The van der Waals surface area contributed by atoms with E-state index in [2.05, 4.69) is 21.2 Å². The Kier molecular flexibility index (Phi) is 5.59. The predicted molar refractivity (Wildman–Crippen MR) is 73.2 cm³/mol. The molecule has 0 aliphatic carbocycles. The first-order chi connectivity index (χ1) is 8.43. The Morgan fingerprint density at radius 1 is 1.56 bits per heavy atom. The first kappa shape index (κ1) is 15.0. The van der Waals surface area contributed by atoms with Gasteiger partial charge in [0.15, 0.2) is 0 Å². The van der Waals surface area contributed by atoms with Gasteiger partial charge in [-0.3, -0.25) is 4.79 Å². The molecule has 1 N–H and O–H groups in total. The van der Waals surface area contributed by atoms with Crippen molar-refractivity contribution in [3.05, 3.63) is 28.0 Å². The molecular formula is C13H17BrFNO2. The van der Waals surface area contributed by atoms with Gasteiger partial charge in [0.2, 0.25) is 0 Å². The van der Waals surface area contributed by atoms with E-state index in [9.17, 15) is 9.18 Å². The summed E-state index contributed by atoms with van der Waals surface area (Å²) >= 11 is 3.13. The molecule has 1 atom stereocenters. The fourth-order valence-corrected chi connectivity index (χ4v) is 2.05. The Hall–Kier alpha value is -1.10. The van der Waals surface area contributed by atoms with Gasteiger partial charge in [-0.1, -0.05) is 0 Å². The highest BCUT2D eigenvalue weighted by Gasteiger charge is 2.12. The van der Waals surface area contributed by atoms with Crippen molar-refractivity contribution in [2.24, 2.45) is 0 Å². The molecule has 0 aliphatic heterocycles. The molecule has 100 valence electrons. The standard InChI is InChI=1S/C13H17BrFNO2/c1-4-18-13(17)6-9(3)16-12-7-11(15)10(14)5-8(12)2/h5,7,9,16H,4,6H2,1-3H3. The summed E-state index contributed by atoms with van der Waals surface area (Å²) in [6, 6.07) is 3.01. The molecule has 18 heavy (non-hydrogen) atoms. The lowest BCUT2D eigenvalue weighted by molar-refractivity contribution is -0.143. The van der Waals surface area contributed by atoms with Crippen LogP contribution in [0.1, 0.15) is 25.8 Å². The monoisotopic (exact) mass is 317 g/mol. The zero-order valence-corrected chi connectivity index (χ0v) is 12.3. The van der Waals surface area contributed by atoms with Gasteiger partial charge in [0.1, 0.15) is 5.82 Å². The molecule has 0 amide bonds. The van der Waals surface area contributed by atoms with E-state index in [1.165, 1.54) is 6.07 Å². The summed E-state index contributed by atoms with van der Waals surface area (Å²) in [6.45, 7) is 5.88. The van der Waals surface area contributed by atoms with Crippen LogP contribution < -0.4 is 5.32 Å². The third-order valence-electron chi connectivity index (χ3n) is 2.45. The average Bonchev–Trinajstić information content (AvgIpc) is 2.26. The molecule has 1 aromatic carbocycles. The molecule has 1 rings (SSSR count). The molecule has 0 aromatic heterocycles. The van der Waals surface area contributed by atoms with Crippen LogP contribution in [0, 0.1) is 12.7 Å². The van der Waals surface area contributed by atoms with Gasteiger partial charge in [-0.25, -0.2) is 4.39 Å². The molecule has 0 saturated carbocycles. The molecule has 1 aromatic rings. The maximum atomic E-state index is 13.4. The third-order valence-corrected chi connectivity index (χ3v) is 3.06. The normalized spacial score (nSPS) is 12.1. The summed E-state index contributed by atoms with van der Waals surface area (Å²) in [5.41, 5.74) is 1.60. The Morgan fingerprint density at radius 3 is 2.83 bits per heavy atom. The largest absolute Gasteiger partial charge is 0.466 e. The number of halogens is 2. The van der Waals surface area contributed by atoms with Crippen molar-refractivity contribution < 1.29 is 13.9 Å². The van der Waals surface area contributed by atoms with Crippen LogP contribution in [0.15, 0.2) is 16.6 Å². The number of esters is 1. The molecule has 5 heteroatoms. The van der Waals surface area contributed by atoms with Gasteiger partial charge >= 0.3 is 5.97 Å². The van der Waals surface area contributed by atoms with E-state index in [4.69, 9.17) is 4.74 Å². The van der Waals surface area contributed by atoms with Crippen molar-refractivity contribution in [2.75, 3.05) is 11.9 Å². The second kappa shape index (κ2) is 6.73. The number of nitrogens with one attached hydrogen (secondary N) is 1. The lowest BCUT2D eigenvalue weighted by atomic mass is 10.1. The number of carbonyl (C=O) groups is 1. The first-order valence-corrected chi connectivity index (χ1v) is 6.61. The highest BCUT2D eigenvalue weighted by atomic mass is 79.9. The van der Waals surface area contributed by atoms with Crippen LogP contribution in [0.2, 0.25) is 0 Å². The van der Waals surface area contributed by atoms with Crippen molar-refractivity contribution in [1.82, 2.24) is 0 Å². The van der Waals surface area contributed by atoms with E-state index in [1.807, 2.05) is 13.8 Å². The van der Waals surface area contributed by atoms with E-state index in [1.54, 1.807) is 13.0 Å². The van der Waals surface area contributed by atoms with Crippen molar-refractivity contribution in [3.8, 4) is 0 Å². The quantitative estimate of drug-likeness (QED) is 0.842. The highest BCUT2D eigenvalue weighted by molar-refractivity contribution is 9.10. The molecule has 0 bridgehead atoms. The van der Waals surface area contributed by atoms with Crippen molar-refractivity contribution in [2.45, 2.75) is 33.2 Å². The van der Waals surface area contributed by atoms with E-state index in [0.29, 0.717) is 16.8 Å². The maximum Gasteiger partial charge on any atom is 0.307 e. The van der Waals surface area contributed by atoms with E-state index < -0.39 is 0 Å². The van der Waals surface area contributed by atoms with Gasteiger partial charge in [-0.15, -0.1) is 0 Å². The van der Waals surface area contributed by atoms with Crippen LogP contribution in [0.5, 0.6) is 0 Å². The summed E-state index contributed by atoms with van der Waals surface area (Å²) in [7, 11) is 0. The van der Waals surface area contributed by atoms with Crippen molar-refractivity contribution >= 4 is 27.6 Å². The van der Waals surface area contributed by atoms with Gasteiger partial charge in [0.05, 0.1) is 17.5 Å². The Labute approximate surface area is 115 Å². The topological polar surface area (TPSA) is 38.3 Å². The lowest BCUT2D eigenvalue weighted by Crippen LogP contribution is -2.21. The van der Waals surface area contributed by atoms with Crippen LogP contribution in [-0.4, -0.2) is 18.6 Å². The summed E-state index contributed by atoms with van der Waals surface area (Å²) in [5, 5.41) is 3.11. The third kappa shape index (κ3) is 4.29. The Bertz CT molecular complexity index is 437. The summed E-state index contributed by atoms with van der Waals surface area (Å²) in [5.74, 6) is -0.584. The molecule has 0 heterocycles. The Balaban J connectivity index is 2.67. The smallest absolute Gasteiger partial charge is 0.307 e. The number of aryl methyl sites for hydroxylation is 1. The van der Waals surface area contributed by atoms with Crippen LogP contribution in [0.25, 0.3) is 0 Å². The van der Waals surface area contributed by atoms with E-state index in [-0.39, 0.29) is 24.2 Å². The number of benzene rings is 1. The number of carbonyl (C=O) groups excluding carboxylic acids is 1. The number of ether oxygens (including phenoxy) is 1. The first-order valence-electron chi connectivity index (χ1n) is 5.81.